The van der Waals surface area contributed by atoms with Gasteiger partial charge in [0.2, 0.25) is 0 Å². The van der Waals surface area contributed by atoms with Crippen LogP contribution in [0.5, 0.6) is 5.75 Å². The van der Waals surface area contributed by atoms with Crippen LogP contribution in [0.15, 0.2) is 36.7 Å². The van der Waals surface area contributed by atoms with Crippen LogP contribution in [0.3, 0.4) is 0 Å². The van der Waals surface area contributed by atoms with Gasteiger partial charge in [0, 0.05) is 18.1 Å². The fraction of sp³-hybridized carbons (Fsp3) is 0.143. The number of hydrogen-bond acceptors (Lipinski definition) is 5. The van der Waals surface area contributed by atoms with E-state index in [4.69, 9.17) is 10.6 Å². The van der Waals surface area contributed by atoms with Crippen LogP contribution in [0.25, 0.3) is 0 Å². The molecule has 0 aliphatic heterocycles. The molecule has 1 aromatic heterocycles. The predicted molar refractivity (Wildman–Crippen MR) is 77.7 cm³/mol. The first-order valence-corrected chi connectivity index (χ1v) is 6.02. The average molecular weight is 272 g/mol. The number of benzene rings is 1. The number of hydrogen-bond donors (Lipinski definition) is 3. The van der Waals surface area contributed by atoms with Crippen LogP contribution in [-0.2, 0) is 0 Å². The molecule has 0 radical (unpaired) electrons. The first-order valence-electron chi connectivity index (χ1n) is 6.02. The number of pyridine rings is 1. The van der Waals surface area contributed by atoms with E-state index < -0.39 is 0 Å². The fourth-order valence-electron chi connectivity index (χ4n) is 1.79. The van der Waals surface area contributed by atoms with E-state index in [1.54, 1.807) is 31.5 Å². The van der Waals surface area contributed by atoms with E-state index in [1.807, 2.05) is 13.0 Å². The first kappa shape index (κ1) is 13.8. The van der Waals surface area contributed by atoms with Gasteiger partial charge < -0.3 is 15.5 Å². The Balaban J connectivity index is 2.23. The summed E-state index contributed by atoms with van der Waals surface area (Å²) in [4.78, 5) is 16.2. The van der Waals surface area contributed by atoms with Crippen molar-refractivity contribution >= 4 is 17.3 Å². The molecule has 0 aliphatic rings. The number of nitrogen functional groups attached to an aromatic ring is 1. The number of amides is 1. The van der Waals surface area contributed by atoms with Crippen molar-refractivity contribution in [3.05, 3.63) is 47.8 Å². The van der Waals surface area contributed by atoms with E-state index >= 15 is 0 Å². The Labute approximate surface area is 116 Å². The molecule has 0 atom stereocenters. The lowest BCUT2D eigenvalue weighted by Gasteiger charge is -2.11. The number of nitrogens with two attached hydrogens (primary N) is 1. The van der Waals surface area contributed by atoms with Gasteiger partial charge in [0.1, 0.15) is 5.75 Å². The van der Waals surface area contributed by atoms with E-state index in [2.05, 4.69) is 15.7 Å². The normalized spacial score (nSPS) is 9.95. The van der Waals surface area contributed by atoms with Crippen molar-refractivity contribution in [1.82, 2.24) is 4.98 Å². The van der Waals surface area contributed by atoms with E-state index in [9.17, 15) is 4.79 Å². The van der Waals surface area contributed by atoms with Gasteiger partial charge in [0.25, 0.3) is 5.91 Å². The number of anilines is 2. The molecule has 0 saturated heterocycles. The second-order valence-corrected chi connectivity index (χ2v) is 4.20. The summed E-state index contributed by atoms with van der Waals surface area (Å²) in [5, 5.41) is 2.82. The summed E-state index contributed by atoms with van der Waals surface area (Å²) in [6.07, 6.45) is 3.02. The maximum Gasteiger partial charge on any atom is 0.259 e. The Morgan fingerprint density at radius 1 is 1.30 bits per heavy atom. The summed E-state index contributed by atoms with van der Waals surface area (Å²) in [5.41, 5.74) is 4.99. The monoisotopic (exact) mass is 272 g/mol. The molecule has 1 aromatic carbocycles. The highest BCUT2D eigenvalue weighted by Crippen LogP contribution is 2.22. The summed E-state index contributed by atoms with van der Waals surface area (Å²) in [5.74, 6) is 5.84. The third-order valence-electron chi connectivity index (χ3n) is 2.90. The molecule has 0 fully saturated rings. The van der Waals surface area contributed by atoms with Crippen LogP contribution < -0.4 is 21.3 Å². The molecule has 1 heterocycles. The van der Waals surface area contributed by atoms with Crippen LogP contribution in [0.2, 0.25) is 0 Å². The topological polar surface area (TPSA) is 89.3 Å². The van der Waals surface area contributed by atoms with Crippen molar-refractivity contribution < 1.29 is 9.53 Å². The summed E-state index contributed by atoms with van der Waals surface area (Å²) in [7, 11) is 1.60. The highest BCUT2D eigenvalue weighted by atomic mass is 16.5. The summed E-state index contributed by atoms with van der Waals surface area (Å²) in [6, 6.07) is 7.06. The van der Waals surface area contributed by atoms with Crippen LogP contribution in [0.1, 0.15) is 15.9 Å². The number of aromatic nitrogens is 1. The molecule has 0 spiro atoms. The molecular weight excluding hydrogens is 256 g/mol. The second kappa shape index (κ2) is 6.03. The molecule has 2 rings (SSSR count). The van der Waals surface area contributed by atoms with Crippen molar-refractivity contribution in [1.29, 1.82) is 0 Å². The number of hydrazine groups is 1. The van der Waals surface area contributed by atoms with Gasteiger partial charge >= 0.3 is 0 Å². The molecule has 104 valence electrons. The van der Waals surface area contributed by atoms with E-state index in [0.29, 0.717) is 16.9 Å². The zero-order valence-corrected chi connectivity index (χ0v) is 11.3. The number of nitrogens with zero attached hydrogens (tertiary/aromatic N) is 1. The lowest BCUT2D eigenvalue weighted by molar-refractivity contribution is 0.102. The number of methoxy groups -OCH3 is 1. The number of nitrogens with one attached hydrogen (secondary N) is 2. The van der Waals surface area contributed by atoms with Crippen molar-refractivity contribution in [2.75, 3.05) is 17.9 Å². The van der Waals surface area contributed by atoms with Crippen molar-refractivity contribution in [2.24, 2.45) is 5.84 Å². The molecule has 6 heteroatoms. The smallest absolute Gasteiger partial charge is 0.259 e. The third kappa shape index (κ3) is 2.86. The minimum Gasteiger partial charge on any atom is -0.497 e. The summed E-state index contributed by atoms with van der Waals surface area (Å²) in [6.45, 7) is 1.89. The lowest BCUT2D eigenvalue weighted by atomic mass is 10.1. The predicted octanol–water partition coefficient (Wildman–Crippen LogP) is 1.94. The largest absolute Gasteiger partial charge is 0.497 e. The van der Waals surface area contributed by atoms with Crippen LogP contribution in [-0.4, -0.2) is 18.0 Å². The van der Waals surface area contributed by atoms with Gasteiger partial charge in [0.15, 0.2) is 0 Å². The first-order chi connectivity index (χ1) is 9.65. The number of carbonyl (C=O) groups excluding carboxylic acids is 1. The molecule has 20 heavy (non-hydrogen) atoms. The molecule has 6 nitrogen and oxygen atoms in total. The molecule has 2 aromatic rings. The standard InChI is InChI=1S/C14H16N4O2/c1-9-7-10(20-2)3-4-12(9)17-14(19)11-8-16-6-5-13(11)18-15/h3-8H,15H2,1-2H3,(H,16,18)(H,17,19). The molecule has 4 N–H and O–H groups in total. The molecule has 0 saturated carbocycles. The number of carbonyl (C=O) groups is 1. The van der Waals surface area contributed by atoms with Gasteiger partial charge in [-0.05, 0) is 36.8 Å². The van der Waals surface area contributed by atoms with Gasteiger partial charge in [-0.15, -0.1) is 0 Å². The minimum absolute atomic E-state index is 0.278. The van der Waals surface area contributed by atoms with Gasteiger partial charge in [-0.1, -0.05) is 0 Å². The Kier molecular flexibility index (Phi) is 4.17. The third-order valence-corrected chi connectivity index (χ3v) is 2.90. The summed E-state index contributed by atoms with van der Waals surface area (Å²) >= 11 is 0. The van der Waals surface area contributed by atoms with Gasteiger partial charge in [-0.2, -0.15) is 0 Å². The Morgan fingerprint density at radius 3 is 2.75 bits per heavy atom. The number of rotatable bonds is 4. The molecule has 1 amide bonds. The average Bonchev–Trinajstić information content (AvgIpc) is 2.49. The van der Waals surface area contributed by atoms with E-state index in [-0.39, 0.29) is 5.91 Å². The Bertz CT molecular complexity index is 628. The Morgan fingerprint density at radius 2 is 2.10 bits per heavy atom. The number of aryl methyl sites for hydroxylation is 1. The lowest BCUT2D eigenvalue weighted by Crippen LogP contribution is -2.18. The molecular formula is C14H16N4O2. The van der Waals surface area contributed by atoms with Gasteiger partial charge in [-0.25, -0.2) is 0 Å². The van der Waals surface area contributed by atoms with Crippen molar-refractivity contribution in [3.63, 3.8) is 0 Å². The van der Waals surface area contributed by atoms with Crippen molar-refractivity contribution in [2.45, 2.75) is 6.92 Å². The molecule has 0 aliphatic carbocycles. The van der Waals surface area contributed by atoms with E-state index in [0.717, 1.165) is 11.3 Å². The van der Waals surface area contributed by atoms with Gasteiger partial charge in [-0.3, -0.25) is 15.6 Å². The zero-order valence-electron chi connectivity index (χ0n) is 11.3. The fourth-order valence-corrected chi connectivity index (χ4v) is 1.79. The van der Waals surface area contributed by atoms with Crippen molar-refractivity contribution in [3.8, 4) is 5.75 Å². The minimum atomic E-state index is -0.278. The second-order valence-electron chi connectivity index (χ2n) is 4.20. The van der Waals surface area contributed by atoms with Gasteiger partial charge in [0.05, 0.1) is 18.4 Å². The molecule has 0 bridgehead atoms. The maximum atomic E-state index is 12.2. The van der Waals surface area contributed by atoms with Crippen LogP contribution in [0, 0.1) is 6.92 Å². The maximum absolute atomic E-state index is 12.2. The van der Waals surface area contributed by atoms with E-state index in [1.165, 1.54) is 6.20 Å². The highest BCUT2D eigenvalue weighted by molar-refractivity contribution is 6.08. The van der Waals surface area contributed by atoms with Crippen LogP contribution in [0.4, 0.5) is 11.4 Å². The van der Waals surface area contributed by atoms with Crippen LogP contribution >= 0.6 is 0 Å². The molecule has 0 unspecified atom stereocenters. The highest BCUT2D eigenvalue weighted by Gasteiger charge is 2.12. The SMILES string of the molecule is COc1ccc(NC(=O)c2cnccc2NN)c(C)c1. The summed E-state index contributed by atoms with van der Waals surface area (Å²) < 4.78 is 5.13. The Hall–Kier alpha value is -2.60. The quantitative estimate of drug-likeness (QED) is 0.584. The number of ether oxygens (including phenoxy) is 1. The zero-order chi connectivity index (χ0) is 14.5.